The zero-order chi connectivity index (χ0) is 15.1. The van der Waals surface area contributed by atoms with Gasteiger partial charge in [-0.3, -0.25) is 4.98 Å². The summed E-state index contributed by atoms with van der Waals surface area (Å²) in [6.07, 6.45) is 1.81. The third kappa shape index (κ3) is 2.00. The van der Waals surface area contributed by atoms with E-state index >= 15 is 0 Å². The highest BCUT2D eigenvalue weighted by Crippen LogP contribution is 2.36. The zero-order valence-electron chi connectivity index (χ0n) is 12.7. The van der Waals surface area contributed by atoms with Gasteiger partial charge in [-0.15, -0.1) is 0 Å². The fourth-order valence-electron chi connectivity index (χ4n) is 2.90. The number of hydrogen-bond acceptors (Lipinski definition) is 2. The summed E-state index contributed by atoms with van der Waals surface area (Å²) in [6, 6.07) is 18.7. The summed E-state index contributed by atoms with van der Waals surface area (Å²) in [5, 5.41) is 2.31. The molecule has 108 valence electrons. The summed E-state index contributed by atoms with van der Waals surface area (Å²) in [4.78, 5) is 4.46. The van der Waals surface area contributed by atoms with Crippen molar-refractivity contribution in [3.8, 4) is 11.3 Å². The molecule has 0 aliphatic rings. The van der Waals surface area contributed by atoms with E-state index in [0.29, 0.717) is 5.92 Å². The van der Waals surface area contributed by atoms with Gasteiger partial charge in [-0.25, -0.2) is 0 Å². The van der Waals surface area contributed by atoms with Crippen LogP contribution in [0.2, 0.25) is 0 Å². The predicted molar refractivity (Wildman–Crippen MR) is 91.0 cm³/mol. The lowest BCUT2D eigenvalue weighted by atomic mass is 10.0. The molecule has 0 amide bonds. The van der Waals surface area contributed by atoms with Gasteiger partial charge in [0.15, 0.2) is 0 Å². The average molecular weight is 287 g/mol. The van der Waals surface area contributed by atoms with Gasteiger partial charge in [0.05, 0.1) is 5.69 Å². The Morgan fingerprint density at radius 2 is 1.82 bits per heavy atom. The Morgan fingerprint density at radius 1 is 0.909 bits per heavy atom. The molecule has 2 aromatic heterocycles. The number of hydrogen-bond donors (Lipinski definition) is 0. The first-order chi connectivity index (χ1) is 10.7. The first kappa shape index (κ1) is 13.1. The molecule has 0 spiro atoms. The van der Waals surface area contributed by atoms with Gasteiger partial charge < -0.3 is 4.42 Å². The number of aromatic nitrogens is 1. The van der Waals surface area contributed by atoms with Crippen LogP contribution in [0.4, 0.5) is 0 Å². The van der Waals surface area contributed by atoms with Crippen molar-refractivity contribution in [2.24, 2.45) is 0 Å². The van der Waals surface area contributed by atoms with Crippen molar-refractivity contribution < 1.29 is 4.42 Å². The second-order valence-corrected chi connectivity index (χ2v) is 5.91. The normalized spacial score (nSPS) is 11.6. The van der Waals surface area contributed by atoms with Gasteiger partial charge in [-0.1, -0.05) is 44.2 Å². The van der Waals surface area contributed by atoms with Crippen LogP contribution in [0.1, 0.15) is 25.3 Å². The van der Waals surface area contributed by atoms with Gasteiger partial charge in [0.1, 0.15) is 11.2 Å². The number of fused-ring (bicyclic) bond motifs is 3. The monoisotopic (exact) mass is 287 g/mol. The second-order valence-electron chi connectivity index (χ2n) is 5.91. The number of benzene rings is 2. The van der Waals surface area contributed by atoms with Crippen LogP contribution < -0.4 is 0 Å². The van der Waals surface area contributed by atoms with E-state index in [4.69, 9.17) is 4.42 Å². The van der Waals surface area contributed by atoms with E-state index < -0.39 is 0 Å². The summed E-state index contributed by atoms with van der Waals surface area (Å²) >= 11 is 0. The summed E-state index contributed by atoms with van der Waals surface area (Å²) in [7, 11) is 0. The van der Waals surface area contributed by atoms with Gasteiger partial charge in [0.25, 0.3) is 0 Å². The molecule has 2 heteroatoms. The van der Waals surface area contributed by atoms with Gasteiger partial charge in [-0.05, 0) is 35.7 Å². The van der Waals surface area contributed by atoms with Crippen molar-refractivity contribution in [1.82, 2.24) is 4.98 Å². The molecule has 0 bridgehead atoms. The van der Waals surface area contributed by atoms with Crippen molar-refractivity contribution in [3.05, 3.63) is 66.4 Å². The lowest BCUT2D eigenvalue weighted by Crippen LogP contribution is -1.84. The molecular formula is C20H17NO. The van der Waals surface area contributed by atoms with E-state index in [1.54, 1.807) is 0 Å². The topological polar surface area (TPSA) is 26.0 Å². The minimum atomic E-state index is 0.493. The molecule has 2 nitrogen and oxygen atoms in total. The van der Waals surface area contributed by atoms with Crippen LogP contribution in [0, 0.1) is 0 Å². The highest BCUT2D eigenvalue weighted by atomic mass is 16.3. The summed E-state index contributed by atoms with van der Waals surface area (Å²) in [5.41, 5.74) is 5.14. The van der Waals surface area contributed by atoms with Crippen LogP contribution in [0.25, 0.3) is 33.2 Å². The van der Waals surface area contributed by atoms with Gasteiger partial charge in [0, 0.05) is 22.5 Å². The first-order valence-electron chi connectivity index (χ1n) is 7.60. The third-order valence-corrected chi connectivity index (χ3v) is 4.13. The number of furan rings is 1. The molecule has 0 N–H and O–H groups in total. The number of para-hydroxylation sites is 1. The molecule has 2 aromatic carbocycles. The highest BCUT2D eigenvalue weighted by molar-refractivity contribution is 6.09. The largest absolute Gasteiger partial charge is 0.455 e. The Kier molecular flexibility index (Phi) is 2.97. The molecule has 0 saturated heterocycles. The number of rotatable bonds is 2. The second kappa shape index (κ2) is 4.99. The van der Waals surface area contributed by atoms with Crippen LogP contribution in [0.3, 0.4) is 0 Å². The first-order valence-corrected chi connectivity index (χ1v) is 7.60. The molecule has 0 aliphatic heterocycles. The number of pyridine rings is 1. The smallest absolute Gasteiger partial charge is 0.144 e. The Hall–Kier alpha value is -2.61. The molecule has 4 aromatic rings. The van der Waals surface area contributed by atoms with Gasteiger partial charge in [-0.2, -0.15) is 0 Å². The van der Waals surface area contributed by atoms with Crippen molar-refractivity contribution in [3.63, 3.8) is 0 Å². The summed E-state index contributed by atoms with van der Waals surface area (Å²) in [6.45, 7) is 4.40. The minimum absolute atomic E-state index is 0.493. The Bertz CT molecular complexity index is 951. The molecule has 0 saturated carbocycles. The lowest BCUT2D eigenvalue weighted by molar-refractivity contribution is 0.668. The van der Waals surface area contributed by atoms with E-state index in [1.165, 1.54) is 5.56 Å². The SMILES string of the molecule is CC(C)c1ccc2c(c1)oc1c(-c3ccccn3)cccc12. The van der Waals surface area contributed by atoms with E-state index in [1.807, 2.05) is 24.4 Å². The van der Waals surface area contributed by atoms with Gasteiger partial charge >= 0.3 is 0 Å². The lowest BCUT2D eigenvalue weighted by Gasteiger charge is -2.03. The van der Waals surface area contributed by atoms with Crippen LogP contribution in [0.5, 0.6) is 0 Å². The van der Waals surface area contributed by atoms with Crippen molar-refractivity contribution in [2.45, 2.75) is 19.8 Å². The molecule has 0 fully saturated rings. The highest BCUT2D eigenvalue weighted by Gasteiger charge is 2.13. The number of nitrogens with zero attached hydrogens (tertiary/aromatic N) is 1. The molecule has 0 atom stereocenters. The standard InChI is InChI=1S/C20H17NO/c1-13(2)14-9-10-15-16-6-5-7-17(18-8-3-4-11-21-18)20(16)22-19(15)12-14/h3-13H,1-2H3. The van der Waals surface area contributed by atoms with Crippen LogP contribution in [-0.4, -0.2) is 4.98 Å². The zero-order valence-corrected chi connectivity index (χ0v) is 12.7. The minimum Gasteiger partial charge on any atom is -0.455 e. The summed E-state index contributed by atoms with van der Waals surface area (Å²) in [5.74, 6) is 0.493. The average Bonchev–Trinajstić information content (AvgIpc) is 2.93. The molecule has 0 aliphatic carbocycles. The Morgan fingerprint density at radius 3 is 2.59 bits per heavy atom. The van der Waals surface area contributed by atoms with Crippen LogP contribution in [-0.2, 0) is 0 Å². The fraction of sp³-hybridized carbons (Fsp3) is 0.150. The van der Waals surface area contributed by atoms with E-state index in [2.05, 4.69) is 55.2 Å². The fourth-order valence-corrected chi connectivity index (χ4v) is 2.90. The molecule has 22 heavy (non-hydrogen) atoms. The van der Waals surface area contributed by atoms with E-state index in [-0.39, 0.29) is 0 Å². The van der Waals surface area contributed by atoms with Crippen molar-refractivity contribution in [1.29, 1.82) is 0 Å². The Labute approximate surface area is 129 Å². The molecule has 0 radical (unpaired) electrons. The maximum Gasteiger partial charge on any atom is 0.144 e. The van der Waals surface area contributed by atoms with E-state index in [0.717, 1.165) is 33.2 Å². The third-order valence-electron chi connectivity index (χ3n) is 4.13. The maximum absolute atomic E-state index is 6.19. The van der Waals surface area contributed by atoms with E-state index in [9.17, 15) is 0 Å². The molecular weight excluding hydrogens is 270 g/mol. The molecule has 2 heterocycles. The van der Waals surface area contributed by atoms with Crippen LogP contribution >= 0.6 is 0 Å². The summed E-state index contributed by atoms with van der Waals surface area (Å²) < 4.78 is 6.19. The Balaban J connectivity index is 2.03. The van der Waals surface area contributed by atoms with Crippen molar-refractivity contribution in [2.75, 3.05) is 0 Å². The maximum atomic E-state index is 6.19. The van der Waals surface area contributed by atoms with Crippen LogP contribution in [0.15, 0.2) is 65.2 Å². The molecule has 0 unspecified atom stereocenters. The predicted octanol–water partition coefficient (Wildman–Crippen LogP) is 5.77. The quantitative estimate of drug-likeness (QED) is 0.467. The van der Waals surface area contributed by atoms with Crippen molar-refractivity contribution >= 4 is 21.9 Å². The molecule has 4 rings (SSSR count). The van der Waals surface area contributed by atoms with Gasteiger partial charge in [0.2, 0.25) is 0 Å².